The Morgan fingerprint density at radius 2 is 1.82 bits per heavy atom. The Bertz CT molecular complexity index is 425. The highest BCUT2D eigenvalue weighted by atomic mass is 16.5. The summed E-state index contributed by atoms with van der Waals surface area (Å²) in [7, 11) is 1.31. The third-order valence-corrected chi connectivity index (χ3v) is 1.59. The molecule has 6 nitrogen and oxygen atoms in total. The second-order valence-electron chi connectivity index (χ2n) is 3.01. The first-order valence-corrected chi connectivity index (χ1v) is 4.60. The van der Waals surface area contributed by atoms with Crippen molar-refractivity contribution < 1.29 is 19.4 Å². The van der Waals surface area contributed by atoms with Gasteiger partial charge in [0.15, 0.2) is 0 Å². The second kappa shape index (κ2) is 7.00. The molecule has 4 N–H and O–H groups in total. The number of esters is 1. The van der Waals surface area contributed by atoms with E-state index in [9.17, 15) is 4.79 Å². The van der Waals surface area contributed by atoms with Crippen molar-refractivity contribution >= 4 is 17.8 Å². The summed E-state index contributed by atoms with van der Waals surface area (Å²) in [4.78, 5) is 20.1. The Morgan fingerprint density at radius 3 is 2.24 bits per heavy atom. The molecule has 0 saturated heterocycles. The highest BCUT2D eigenvalue weighted by molar-refractivity contribution is 5.98. The topological polar surface area (TPSA) is 113 Å². The third-order valence-electron chi connectivity index (χ3n) is 1.59. The molecule has 0 bridgehead atoms. The highest BCUT2D eigenvalue weighted by Crippen LogP contribution is 2.05. The van der Waals surface area contributed by atoms with Crippen LogP contribution in [0.5, 0.6) is 0 Å². The van der Waals surface area contributed by atoms with Crippen LogP contribution < -0.4 is 5.73 Å². The molecule has 0 saturated carbocycles. The van der Waals surface area contributed by atoms with Crippen LogP contribution in [0.15, 0.2) is 24.3 Å². The summed E-state index contributed by atoms with van der Waals surface area (Å²) < 4.78 is 4.52. The fourth-order valence-electron chi connectivity index (χ4n) is 0.932. The van der Waals surface area contributed by atoms with Crippen molar-refractivity contribution in [2.75, 3.05) is 7.11 Å². The van der Waals surface area contributed by atoms with E-state index in [2.05, 4.69) is 4.74 Å². The number of carboxylic acids is 1. The van der Waals surface area contributed by atoms with Crippen LogP contribution in [-0.4, -0.2) is 30.0 Å². The average molecular weight is 238 g/mol. The van der Waals surface area contributed by atoms with Crippen LogP contribution in [0.1, 0.15) is 22.8 Å². The SMILES string of the molecule is CC(=O)O.COC(=O)c1cccc(C(=N)N)c1. The van der Waals surface area contributed by atoms with E-state index in [0.717, 1.165) is 6.92 Å². The summed E-state index contributed by atoms with van der Waals surface area (Å²) in [6.07, 6.45) is 0. The van der Waals surface area contributed by atoms with Crippen LogP contribution in [0.4, 0.5) is 0 Å². The molecule has 0 fully saturated rings. The number of carbonyl (C=O) groups is 2. The lowest BCUT2D eigenvalue weighted by Crippen LogP contribution is -2.12. The predicted octanol–water partition coefficient (Wildman–Crippen LogP) is 0.848. The lowest BCUT2D eigenvalue weighted by atomic mass is 10.1. The largest absolute Gasteiger partial charge is 0.481 e. The van der Waals surface area contributed by atoms with Gasteiger partial charge in [-0.2, -0.15) is 0 Å². The highest BCUT2D eigenvalue weighted by Gasteiger charge is 2.05. The molecule has 1 rings (SSSR count). The zero-order chi connectivity index (χ0) is 13.4. The van der Waals surface area contributed by atoms with Gasteiger partial charge in [-0.3, -0.25) is 10.2 Å². The monoisotopic (exact) mass is 238 g/mol. The lowest BCUT2D eigenvalue weighted by Gasteiger charge is -2.01. The first kappa shape index (κ1) is 14.6. The maximum atomic E-state index is 11.1. The van der Waals surface area contributed by atoms with Crippen LogP contribution >= 0.6 is 0 Å². The van der Waals surface area contributed by atoms with Gasteiger partial charge in [0.05, 0.1) is 12.7 Å². The van der Waals surface area contributed by atoms with Gasteiger partial charge >= 0.3 is 5.97 Å². The number of benzene rings is 1. The van der Waals surface area contributed by atoms with Gasteiger partial charge in [-0.15, -0.1) is 0 Å². The van der Waals surface area contributed by atoms with Gasteiger partial charge in [0, 0.05) is 12.5 Å². The number of nitrogen functional groups attached to an aromatic ring is 1. The maximum absolute atomic E-state index is 11.1. The first-order valence-electron chi connectivity index (χ1n) is 4.60. The van der Waals surface area contributed by atoms with Crippen molar-refractivity contribution in [3.63, 3.8) is 0 Å². The first-order chi connectivity index (χ1) is 7.88. The molecule has 0 amide bonds. The van der Waals surface area contributed by atoms with Crippen LogP contribution in [-0.2, 0) is 9.53 Å². The van der Waals surface area contributed by atoms with Crippen LogP contribution in [0.3, 0.4) is 0 Å². The molecular formula is C11H14N2O4. The van der Waals surface area contributed by atoms with Gasteiger partial charge in [-0.1, -0.05) is 12.1 Å². The second-order valence-corrected chi connectivity index (χ2v) is 3.01. The zero-order valence-electron chi connectivity index (χ0n) is 9.56. The molecular weight excluding hydrogens is 224 g/mol. The molecule has 0 atom stereocenters. The van der Waals surface area contributed by atoms with Gasteiger partial charge in [0.2, 0.25) is 0 Å². The van der Waals surface area contributed by atoms with E-state index in [1.54, 1.807) is 18.2 Å². The smallest absolute Gasteiger partial charge is 0.337 e. The zero-order valence-corrected chi connectivity index (χ0v) is 9.56. The minimum atomic E-state index is -0.833. The average Bonchev–Trinajstić information content (AvgIpc) is 2.27. The molecule has 6 heteroatoms. The molecule has 0 aliphatic rings. The van der Waals surface area contributed by atoms with Crippen molar-refractivity contribution in [1.82, 2.24) is 0 Å². The molecule has 0 heterocycles. The van der Waals surface area contributed by atoms with Gasteiger partial charge in [-0.25, -0.2) is 4.79 Å². The number of nitrogens with two attached hydrogens (primary N) is 1. The summed E-state index contributed by atoms with van der Waals surface area (Å²) in [5.74, 6) is -1.33. The van der Waals surface area contributed by atoms with E-state index < -0.39 is 11.9 Å². The van der Waals surface area contributed by atoms with Gasteiger partial charge in [0.1, 0.15) is 5.84 Å². The Morgan fingerprint density at radius 1 is 1.35 bits per heavy atom. The Hall–Kier alpha value is -2.37. The number of hydrogen-bond donors (Lipinski definition) is 3. The maximum Gasteiger partial charge on any atom is 0.337 e. The molecule has 0 aliphatic carbocycles. The molecule has 0 unspecified atom stereocenters. The van der Waals surface area contributed by atoms with Crippen molar-refractivity contribution in [3.8, 4) is 0 Å². The van der Waals surface area contributed by atoms with E-state index in [-0.39, 0.29) is 5.84 Å². The number of rotatable bonds is 2. The summed E-state index contributed by atoms with van der Waals surface area (Å²) in [5, 5.41) is 14.6. The third kappa shape index (κ3) is 5.93. The lowest BCUT2D eigenvalue weighted by molar-refractivity contribution is -0.134. The quantitative estimate of drug-likeness (QED) is 0.401. The summed E-state index contributed by atoms with van der Waals surface area (Å²) >= 11 is 0. The van der Waals surface area contributed by atoms with Crippen LogP contribution in [0, 0.1) is 5.41 Å². The molecule has 0 aliphatic heterocycles. The van der Waals surface area contributed by atoms with Crippen LogP contribution in [0.2, 0.25) is 0 Å². The molecule has 0 aromatic heterocycles. The number of hydrogen-bond acceptors (Lipinski definition) is 4. The van der Waals surface area contributed by atoms with E-state index >= 15 is 0 Å². The fourth-order valence-corrected chi connectivity index (χ4v) is 0.932. The number of carboxylic acid groups (broad SMARTS) is 1. The normalized spacial score (nSPS) is 8.59. The number of nitrogens with one attached hydrogen (secondary N) is 1. The minimum Gasteiger partial charge on any atom is -0.481 e. The van der Waals surface area contributed by atoms with Gasteiger partial charge < -0.3 is 15.6 Å². The Labute approximate surface area is 98.5 Å². The Kier molecular flexibility index (Phi) is 6.02. The molecule has 1 aromatic rings. The Balaban J connectivity index is 0.000000557. The van der Waals surface area contributed by atoms with Gasteiger partial charge in [0.25, 0.3) is 5.97 Å². The molecule has 92 valence electrons. The number of amidine groups is 1. The van der Waals surface area contributed by atoms with Crippen molar-refractivity contribution in [3.05, 3.63) is 35.4 Å². The number of carbonyl (C=O) groups excluding carboxylic acids is 1. The van der Waals surface area contributed by atoms with Crippen LogP contribution in [0.25, 0.3) is 0 Å². The fraction of sp³-hybridized carbons (Fsp3) is 0.182. The number of ether oxygens (including phenoxy) is 1. The predicted molar refractivity (Wildman–Crippen MR) is 62.1 cm³/mol. The molecule has 0 spiro atoms. The molecule has 1 aromatic carbocycles. The summed E-state index contributed by atoms with van der Waals surface area (Å²) in [6.45, 7) is 1.08. The van der Waals surface area contributed by atoms with E-state index in [4.69, 9.17) is 21.0 Å². The summed E-state index contributed by atoms with van der Waals surface area (Å²) in [6, 6.07) is 6.45. The van der Waals surface area contributed by atoms with Crippen molar-refractivity contribution in [1.29, 1.82) is 5.41 Å². The van der Waals surface area contributed by atoms with Gasteiger partial charge in [-0.05, 0) is 12.1 Å². The molecule has 17 heavy (non-hydrogen) atoms. The van der Waals surface area contributed by atoms with Crippen molar-refractivity contribution in [2.24, 2.45) is 5.73 Å². The minimum absolute atomic E-state index is 0.0641. The number of methoxy groups -OCH3 is 1. The standard InChI is InChI=1S/C9H10N2O2.C2H4O2/c1-13-9(12)7-4-2-3-6(5-7)8(10)11;1-2(3)4/h2-5H,1H3,(H3,10,11);1H3,(H,3,4). The number of aliphatic carboxylic acids is 1. The van der Waals surface area contributed by atoms with E-state index in [1.165, 1.54) is 13.2 Å². The van der Waals surface area contributed by atoms with Crippen molar-refractivity contribution in [2.45, 2.75) is 6.92 Å². The molecule has 0 radical (unpaired) electrons. The van der Waals surface area contributed by atoms with E-state index in [0.29, 0.717) is 11.1 Å². The summed E-state index contributed by atoms with van der Waals surface area (Å²) in [5.41, 5.74) is 6.17. The van der Waals surface area contributed by atoms with E-state index in [1.807, 2.05) is 0 Å².